The number of nitrogen functional groups attached to an aromatic ring is 1. The second-order valence-corrected chi connectivity index (χ2v) is 6.70. The second-order valence-electron chi connectivity index (χ2n) is 5.59. The van der Waals surface area contributed by atoms with Gasteiger partial charge in [0.05, 0.1) is 25.2 Å². The van der Waals surface area contributed by atoms with Crippen LogP contribution in [-0.4, -0.2) is 34.4 Å². The topological polar surface area (TPSA) is 95.2 Å². The Bertz CT molecular complexity index is 928. The summed E-state index contributed by atoms with van der Waals surface area (Å²) in [7, 11) is 1.59. The fraction of sp³-hybridized carbons (Fsp3) is 0.211. The van der Waals surface area contributed by atoms with E-state index < -0.39 is 0 Å². The number of halogens is 1. The minimum Gasteiger partial charge on any atom is -0.495 e. The maximum Gasteiger partial charge on any atom is 0.232 e. The number of ether oxygens (including phenoxy) is 2. The summed E-state index contributed by atoms with van der Waals surface area (Å²) in [6.07, 6.45) is 0. The molecule has 0 unspecified atom stereocenters. The van der Waals surface area contributed by atoms with E-state index in [1.54, 1.807) is 37.1 Å². The number of aromatic nitrogens is 3. The number of benzene rings is 2. The molecule has 0 aliphatic rings. The summed E-state index contributed by atoms with van der Waals surface area (Å²) < 4.78 is 24.2. The summed E-state index contributed by atoms with van der Waals surface area (Å²) in [5.41, 5.74) is 6.53. The molecule has 0 saturated heterocycles. The summed E-state index contributed by atoms with van der Waals surface area (Å²) in [5, 5.41) is 3.09. The molecule has 1 aromatic heterocycles. The molecule has 2 aromatic carbocycles. The van der Waals surface area contributed by atoms with E-state index in [0.717, 1.165) is 5.69 Å². The van der Waals surface area contributed by atoms with Crippen LogP contribution in [0.4, 0.5) is 22.0 Å². The summed E-state index contributed by atoms with van der Waals surface area (Å²) in [5.74, 6) is 2.73. The normalized spacial score (nSPS) is 10.5. The van der Waals surface area contributed by atoms with Gasteiger partial charge in [-0.2, -0.15) is 26.7 Å². The Hall–Kier alpha value is -3.07. The van der Waals surface area contributed by atoms with Crippen molar-refractivity contribution in [2.24, 2.45) is 0 Å². The summed E-state index contributed by atoms with van der Waals surface area (Å²) >= 11 is 1.55. The number of hydrogen-bond donors (Lipinski definition) is 2. The first-order chi connectivity index (χ1) is 13.7. The molecule has 3 rings (SSSR count). The summed E-state index contributed by atoms with van der Waals surface area (Å²) in [4.78, 5) is 12.6. The minimum absolute atomic E-state index is 0.130. The van der Waals surface area contributed by atoms with Crippen LogP contribution in [-0.2, 0) is 5.75 Å². The smallest absolute Gasteiger partial charge is 0.232 e. The molecular weight excluding hydrogens is 381 g/mol. The first-order valence-electron chi connectivity index (χ1n) is 8.51. The molecule has 0 aliphatic carbocycles. The number of nitrogens with one attached hydrogen (secondary N) is 1. The van der Waals surface area contributed by atoms with Crippen LogP contribution in [0.2, 0.25) is 0 Å². The van der Waals surface area contributed by atoms with Crippen molar-refractivity contribution in [2.75, 3.05) is 30.5 Å². The highest BCUT2D eigenvalue weighted by Crippen LogP contribution is 2.26. The van der Waals surface area contributed by atoms with Gasteiger partial charge in [-0.05, 0) is 24.3 Å². The van der Waals surface area contributed by atoms with Crippen molar-refractivity contribution in [3.05, 3.63) is 60.2 Å². The van der Waals surface area contributed by atoms with Gasteiger partial charge < -0.3 is 20.5 Å². The third kappa shape index (κ3) is 5.46. The van der Waals surface area contributed by atoms with E-state index in [-0.39, 0.29) is 17.5 Å². The van der Waals surface area contributed by atoms with Crippen LogP contribution in [0.3, 0.4) is 0 Å². The van der Waals surface area contributed by atoms with Gasteiger partial charge in [0.1, 0.15) is 11.6 Å². The lowest BCUT2D eigenvalue weighted by atomic mass is 10.3. The van der Waals surface area contributed by atoms with Gasteiger partial charge in [-0.25, -0.2) is 4.39 Å². The molecule has 0 saturated carbocycles. The lowest BCUT2D eigenvalue weighted by Gasteiger charge is -2.10. The molecule has 28 heavy (non-hydrogen) atoms. The van der Waals surface area contributed by atoms with Crippen molar-refractivity contribution in [2.45, 2.75) is 5.75 Å². The average Bonchev–Trinajstić information content (AvgIpc) is 2.69. The Kier molecular flexibility index (Phi) is 6.85. The number of methoxy groups -OCH3 is 1. The Morgan fingerprint density at radius 1 is 1.04 bits per heavy atom. The molecule has 146 valence electrons. The molecule has 0 amide bonds. The quantitative estimate of drug-likeness (QED) is 0.525. The van der Waals surface area contributed by atoms with Gasteiger partial charge in [0.2, 0.25) is 11.9 Å². The zero-order valence-electron chi connectivity index (χ0n) is 15.3. The lowest BCUT2D eigenvalue weighted by molar-refractivity contribution is 0.325. The van der Waals surface area contributed by atoms with Crippen LogP contribution in [0, 0.1) is 5.82 Å². The molecule has 3 N–H and O–H groups in total. The standard InChI is InChI=1S/C19H20FN5O2S/c1-26-16-9-5-3-7-14(16)22-19-24-17(23-18(21)25-19)12-28-11-10-27-15-8-4-2-6-13(15)20/h2-9H,10-12H2,1H3,(H3,21,22,23,24,25). The first-order valence-corrected chi connectivity index (χ1v) is 9.66. The Morgan fingerprint density at radius 2 is 1.79 bits per heavy atom. The molecule has 0 bridgehead atoms. The van der Waals surface area contributed by atoms with Crippen molar-refractivity contribution in [3.63, 3.8) is 0 Å². The number of rotatable bonds is 9. The fourth-order valence-electron chi connectivity index (χ4n) is 2.36. The highest BCUT2D eigenvalue weighted by molar-refractivity contribution is 7.98. The van der Waals surface area contributed by atoms with E-state index in [0.29, 0.717) is 35.6 Å². The van der Waals surface area contributed by atoms with Crippen LogP contribution in [0.15, 0.2) is 48.5 Å². The van der Waals surface area contributed by atoms with Crippen molar-refractivity contribution in [3.8, 4) is 11.5 Å². The van der Waals surface area contributed by atoms with Crippen LogP contribution < -0.4 is 20.5 Å². The predicted octanol–water partition coefficient (Wildman–Crippen LogP) is 3.66. The lowest BCUT2D eigenvalue weighted by Crippen LogP contribution is -2.08. The third-order valence-corrected chi connectivity index (χ3v) is 4.52. The Balaban J connectivity index is 1.54. The number of anilines is 3. The van der Waals surface area contributed by atoms with Crippen LogP contribution in [0.5, 0.6) is 11.5 Å². The molecule has 0 fully saturated rings. The van der Waals surface area contributed by atoms with E-state index in [1.165, 1.54) is 6.07 Å². The van der Waals surface area contributed by atoms with Crippen molar-refractivity contribution >= 4 is 29.3 Å². The highest BCUT2D eigenvalue weighted by Gasteiger charge is 2.08. The summed E-state index contributed by atoms with van der Waals surface area (Å²) in [6.45, 7) is 0.373. The molecule has 0 spiro atoms. The zero-order valence-corrected chi connectivity index (χ0v) is 16.1. The van der Waals surface area contributed by atoms with Gasteiger partial charge in [0, 0.05) is 5.75 Å². The summed E-state index contributed by atoms with van der Waals surface area (Å²) in [6, 6.07) is 13.8. The van der Waals surface area contributed by atoms with Gasteiger partial charge in [0.25, 0.3) is 0 Å². The molecule has 1 heterocycles. The fourth-order valence-corrected chi connectivity index (χ4v) is 3.02. The maximum atomic E-state index is 13.5. The molecule has 9 heteroatoms. The SMILES string of the molecule is COc1ccccc1Nc1nc(N)nc(CSCCOc2ccccc2F)n1. The van der Waals surface area contributed by atoms with E-state index >= 15 is 0 Å². The number of para-hydroxylation sites is 3. The van der Waals surface area contributed by atoms with Gasteiger partial charge in [-0.1, -0.05) is 24.3 Å². The zero-order chi connectivity index (χ0) is 19.8. The van der Waals surface area contributed by atoms with Crippen LogP contribution >= 0.6 is 11.8 Å². The largest absolute Gasteiger partial charge is 0.495 e. The van der Waals surface area contributed by atoms with Crippen molar-refractivity contribution in [1.29, 1.82) is 0 Å². The molecule has 3 aromatic rings. The Morgan fingerprint density at radius 3 is 2.57 bits per heavy atom. The first kappa shape index (κ1) is 19.7. The van der Waals surface area contributed by atoms with Gasteiger partial charge in [-0.15, -0.1) is 0 Å². The van der Waals surface area contributed by atoms with E-state index in [9.17, 15) is 4.39 Å². The van der Waals surface area contributed by atoms with Crippen molar-refractivity contribution < 1.29 is 13.9 Å². The van der Waals surface area contributed by atoms with Crippen LogP contribution in [0.25, 0.3) is 0 Å². The number of nitrogens with two attached hydrogens (primary N) is 1. The van der Waals surface area contributed by atoms with Gasteiger partial charge >= 0.3 is 0 Å². The molecule has 7 nitrogen and oxygen atoms in total. The van der Waals surface area contributed by atoms with E-state index in [1.807, 2.05) is 24.3 Å². The predicted molar refractivity (Wildman–Crippen MR) is 109 cm³/mol. The molecule has 0 atom stereocenters. The van der Waals surface area contributed by atoms with Crippen molar-refractivity contribution in [1.82, 2.24) is 15.0 Å². The Labute approximate surface area is 166 Å². The second kappa shape index (κ2) is 9.75. The average molecular weight is 401 g/mol. The molecular formula is C19H20FN5O2S. The van der Waals surface area contributed by atoms with E-state index in [2.05, 4.69) is 20.3 Å². The van der Waals surface area contributed by atoms with Gasteiger partial charge in [-0.3, -0.25) is 0 Å². The maximum absolute atomic E-state index is 13.5. The number of thioether (sulfide) groups is 1. The monoisotopic (exact) mass is 401 g/mol. The van der Waals surface area contributed by atoms with E-state index in [4.69, 9.17) is 15.2 Å². The number of hydrogen-bond acceptors (Lipinski definition) is 8. The van der Waals surface area contributed by atoms with Crippen LogP contribution in [0.1, 0.15) is 5.82 Å². The van der Waals surface area contributed by atoms with Gasteiger partial charge in [0.15, 0.2) is 11.6 Å². The minimum atomic E-state index is -0.371. The number of nitrogens with zero attached hydrogens (tertiary/aromatic N) is 3. The highest BCUT2D eigenvalue weighted by atomic mass is 32.2. The molecule has 0 radical (unpaired) electrons. The molecule has 0 aliphatic heterocycles. The third-order valence-electron chi connectivity index (χ3n) is 3.61.